The van der Waals surface area contributed by atoms with Crippen molar-refractivity contribution in [1.82, 2.24) is 10.2 Å². The summed E-state index contributed by atoms with van der Waals surface area (Å²) in [7, 11) is 0. The van der Waals surface area contributed by atoms with E-state index >= 15 is 0 Å². The van der Waals surface area contributed by atoms with Crippen molar-refractivity contribution in [3.8, 4) is 28.6 Å². The molecule has 130 valence electrons. The van der Waals surface area contributed by atoms with Gasteiger partial charge in [0, 0.05) is 17.7 Å². The van der Waals surface area contributed by atoms with Crippen LogP contribution in [0.2, 0.25) is 0 Å². The molecule has 0 saturated heterocycles. The van der Waals surface area contributed by atoms with Gasteiger partial charge in [-0.2, -0.15) is 0 Å². The molecule has 5 nitrogen and oxygen atoms in total. The van der Waals surface area contributed by atoms with Crippen LogP contribution in [-0.2, 0) is 4.79 Å². The fourth-order valence-electron chi connectivity index (χ4n) is 2.87. The van der Waals surface area contributed by atoms with E-state index in [9.17, 15) is 9.18 Å². The Balaban J connectivity index is 1.53. The van der Waals surface area contributed by atoms with Crippen molar-refractivity contribution in [2.45, 2.75) is 19.3 Å². The highest BCUT2D eigenvalue weighted by molar-refractivity contribution is 5.76. The summed E-state index contributed by atoms with van der Waals surface area (Å²) in [6.07, 6.45) is 0.378. The Bertz CT molecular complexity index is 956. The van der Waals surface area contributed by atoms with E-state index in [-0.39, 0.29) is 17.7 Å². The minimum atomic E-state index is -0.302. The molecule has 0 saturated carbocycles. The smallest absolute Gasteiger partial charge is 0.311 e. The number of hydrogen-bond acceptors (Lipinski definition) is 5. The van der Waals surface area contributed by atoms with E-state index < -0.39 is 0 Å². The van der Waals surface area contributed by atoms with Crippen LogP contribution in [0.25, 0.3) is 11.3 Å². The third-order valence-corrected chi connectivity index (χ3v) is 4.22. The van der Waals surface area contributed by atoms with Crippen LogP contribution in [0.15, 0.2) is 54.6 Å². The number of nitrogens with zero attached hydrogens (tertiary/aromatic N) is 2. The van der Waals surface area contributed by atoms with Crippen LogP contribution < -0.4 is 9.47 Å². The van der Waals surface area contributed by atoms with Gasteiger partial charge in [-0.3, -0.25) is 4.79 Å². The van der Waals surface area contributed by atoms with Gasteiger partial charge in [0.15, 0.2) is 0 Å². The lowest BCUT2D eigenvalue weighted by Crippen LogP contribution is -2.18. The lowest BCUT2D eigenvalue weighted by atomic mass is 9.95. The lowest BCUT2D eigenvalue weighted by molar-refractivity contribution is -0.135. The fraction of sp³-hybridized carbons (Fsp3) is 0.150. The van der Waals surface area contributed by atoms with Gasteiger partial charge in [0.25, 0.3) is 0 Å². The van der Waals surface area contributed by atoms with Crippen molar-refractivity contribution in [3.63, 3.8) is 0 Å². The largest absolute Gasteiger partial charge is 0.437 e. The van der Waals surface area contributed by atoms with Gasteiger partial charge < -0.3 is 9.47 Å². The molecule has 1 aliphatic heterocycles. The normalized spacial score (nSPS) is 15.9. The van der Waals surface area contributed by atoms with Crippen LogP contribution in [-0.4, -0.2) is 16.2 Å². The molecule has 0 bridgehead atoms. The molecule has 0 radical (unpaired) electrons. The highest BCUT2D eigenvalue weighted by atomic mass is 19.1. The Morgan fingerprint density at radius 3 is 2.62 bits per heavy atom. The zero-order valence-electron chi connectivity index (χ0n) is 14.0. The Kier molecular flexibility index (Phi) is 4.08. The number of halogens is 1. The zero-order valence-corrected chi connectivity index (χ0v) is 14.0. The van der Waals surface area contributed by atoms with Gasteiger partial charge in [0.05, 0.1) is 12.1 Å². The molecule has 3 aromatic rings. The number of esters is 1. The van der Waals surface area contributed by atoms with Gasteiger partial charge >= 0.3 is 5.97 Å². The second-order valence-corrected chi connectivity index (χ2v) is 6.14. The highest BCUT2D eigenvalue weighted by Gasteiger charge is 2.24. The molecule has 1 unspecified atom stereocenters. The second-order valence-electron chi connectivity index (χ2n) is 6.14. The monoisotopic (exact) mass is 350 g/mol. The first-order valence-corrected chi connectivity index (χ1v) is 8.20. The molecule has 4 rings (SSSR count). The van der Waals surface area contributed by atoms with Crippen LogP contribution >= 0.6 is 0 Å². The maximum Gasteiger partial charge on any atom is 0.311 e. The summed E-state index contributed by atoms with van der Waals surface area (Å²) in [4.78, 5) is 11.6. The van der Waals surface area contributed by atoms with Crippen molar-refractivity contribution in [2.24, 2.45) is 0 Å². The summed E-state index contributed by atoms with van der Waals surface area (Å²) in [6.45, 7) is 1.99. The summed E-state index contributed by atoms with van der Waals surface area (Å²) in [6, 6.07) is 14.8. The molecular weight excluding hydrogens is 335 g/mol. The molecule has 26 heavy (non-hydrogen) atoms. The van der Waals surface area contributed by atoms with Crippen LogP contribution in [0.1, 0.15) is 24.8 Å². The number of carbonyl (C=O) groups excluding carboxylic acids is 1. The summed E-state index contributed by atoms with van der Waals surface area (Å²) >= 11 is 0. The highest BCUT2D eigenvalue weighted by Crippen LogP contribution is 2.37. The summed E-state index contributed by atoms with van der Waals surface area (Å²) in [5.41, 5.74) is 2.36. The van der Waals surface area contributed by atoms with Crippen molar-refractivity contribution in [3.05, 3.63) is 66.0 Å². The Labute approximate surface area is 149 Å². The summed E-state index contributed by atoms with van der Waals surface area (Å²) in [5.74, 6) is 0.910. The molecular formula is C20H15FN2O3. The molecule has 0 spiro atoms. The SMILES string of the molecule is CC1CC(=O)Oc2cc(Oc3ccc(-c4ccc(F)cc4)nn3)ccc21. The second kappa shape index (κ2) is 6.55. The van der Waals surface area contributed by atoms with E-state index in [2.05, 4.69) is 10.2 Å². The predicted molar refractivity (Wildman–Crippen MR) is 92.6 cm³/mol. The summed E-state index contributed by atoms with van der Waals surface area (Å²) < 4.78 is 24.0. The number of benzene rings is 2. The third kappa shape index (κ3) is 3.26. The first-order valence-electron chi connectivity index (χ1n) is 8.20. The van der Waals surface area contributed by atoms with Crippen LogP contribution in [0.3, 0.4) is 0 Å². The molecule has 1 aromatic heterocycles. The lowest BCUT2D eigenvalue weighted by Gasteiger charge is -2.21. The summed E-state index contributed by atoms with van der Waals surface area (Å²) in [5, 5.41) is 8.14. The molecule has 0 fully saturated rings. The third-order valence-electron chi connectivity index (χ3n) is 4.22. The first kappa shape index (κ1) is 16.2. The van der Waals surface area contributed by atoms with Crippen molar-refractivity contribution in [1.29, 1.82) is 0 Å². The Morgan fingerprint density at radius 1 is 1.08 bits per heavy atom. The van der Waals surface area contributed by atoms with Gasteiger partial charge in [-0.15, -0.1) is 10.2 Å². The predicted octanol–water partition coefficient (Wildman–Crippen LogP) is 4.49. The zero-order chi connectivity index (χ0) is 18.1. The van der Waals surface area contributed by atoms with E-state index in [0.29, 0.717) is 29.5 Å². The van der Waals surface area contributed by atoms with E-state index in [1.54, 1.807) is 30.3 Å². The van der Waals surface area contributed by atoms with Gasteiger partial charge in [0.2, 0.25) is 5.88 Å². The first-order chi connectivity index (χ1) is 12.6. The Hall–Kier alpha value is -3.28. The van der Waals surface area contributed by atoms with E-state index in [0.717, 1.165) is 11.1 Å². The maximum atomic E-state index is 13.0. The topological polar surface area (TPSA) is 61.3 Å². The van der Waals surface area contributed by atoms with Crippen molar-refractivity contribution >= 4 is 5.97 Å². The standard InChI is InChI=1S/C20H15FN2O3/c1-12-10-20(24)26-18-11-15(6-7-16(12)18)25-19-9-8-17(22-23-19)13-2-4-14(21)5-3-13/h2-9,11-12H,10H2,1H3. The fourth-order valence-corrected chi connectivity index (χ4v) is 2.87. The maximum absolute atomic E-state index is 13.0. The number of hydrogen-bond donors (Lipinski definition) is 0. The molecule has 2 aromatic carbocycles. The number of fused-ring (bicyclic) bond motifs is 1. The molecule has 1 aliphatic rings. The average molecular weight is 350 g/mol. The van der Waals surface area contributed by atoms with Gasteiger partial charge in [-0.1, -0.05) is 13.0 Å². The molecule has 6 heteroatoms. The van der Waals surface area contributed by atoms with Crippen molar-refractivity contribution < 1.29 is 18.7 Å². The minimum absolute atomic E-state index is 0.120. The number of aromatic nitrogens is 2. The average Bonchev–Trinajstić information content (AvgIpc) is 2.63. The van der Waals surface area contributed by atoms with Crippen LogP contribution in [0.4, 0.5) is 4.39 Å². The minimum Gasteiger partial charge on any atom is -0.437 e. The molecule has 2 heterocycles. The van der Waals surface area contributed by atoms with Gasteiger partial charge in [0.1, 0.15) is 17.3 Å². The molecule has 0 aliphatic carbocycles. The van der Waals surface area contributed by atoms with E-state index in [1.807, 2.05) is 19.1 Å². The Morgan fingerprint density at radius 2 is 1.88 bits per heavy atom. The molecule has 1 atom stereocenters. The van der Waals surface area contributed by atoms with Gasteiger partial charge in [-0.25, -0.2) is 4.39 Å². The van der Waals surface area contributed by atoms with Crippen LogP contribution in [0.5, 0.6) is 17.4 Å². The molecule has 0 amide bonds. The number of rotatable bonds is 3. The van der Waals surface area contributed by atoms with Crippen molar-refractivity contribution in [2.75, 3.05) is 0 Å². The number of ether oxygens (including phenoxy) is 2. The number of carbonyl (C=O) groups is 1. The van der Waals surface area contributed by atoms with E-state index in [1.165, 1.54) is 12.1 Å². The van der Waals surface area contributed by atoms with Gasteiger partial charge in [-0.05, 0) is 47.9 Å². The quantitative estimate of drug-likeness (QED) is 0.514. The molecule has 0 N–H and O–H groups in total. The van der Waals surface area contributed by atoms with E-state index in [4.69, 9.17) is 9.47 Å². The van der Waals surface area contributed by atoms with Crippen LogP contribution in [0, 0.1) is 5.82 Å².